The summed E-state index contributed by atoms with van der Waals surface area (Å²) in [6, 6.07) is 4.56. The number of hydrogen-bond donors (Lipinski definition) is 1. The van der Waals surface area contributed by atoms with Gasteiger partial charge in [0.05, 0.1) is 10.5 Å². The molecule has 7 heteroatoms. The molecule has 0 saturated carbocycles. The predicted molar refractivity (Wildman–Crippen MR) is 81.8 cm³/mol. The van der Waals surface area contributed by atoms with Crippen LogP contribution in [0.3, 0.4) is 0 Å². The van der Waals surface area contributed by atoms with Gasteiger partial charge in [-0.3, -0.25) is 4.90 Å². The summed E-state index contributed by atoms with van der Waals surface area (Å²) >= 11 is 3.14. The summed E-state index contributed by atoms with van der Waals surface area (Å²) in [6.45, 7) is 2.59. The summed E-state index contributed by atoms with van der Waals surface area (Å²) in [5.74, 6) is -0.353. The summed E-state index contributed by atoms with van der Waals surface area (Å²) in [7, 11) is 0. The lowest BCUT2D eigenvalue weighted by molar-refractivity contribution is 0.144. The quantitative estimate of drug-likeness (QED) is 0.868. The molecule has 1 heterocycles. The van der Waals surface area contributed by atoms with Gasteiger partial charge in [0.15, 0.2) is 0 Å². The topological polar surface area (TPSA) is 15.3 Å². The third kappa shape index (κ3) is 4.53. The molecular weight excluding hydrogens is 361 g/mol. The van der Waals surface area contributed by atoms with E-state index < -0.39 is 12.7 Å². The Morgan fingerprint density at radius 1 is 1.26 bits per heavy atom. The van der Waals surface area contributed by atoms with Gasteiger partial charge in [-0.2, -0.15) is 0 Å². The van der Waals surface area contributed by atoms with Gasteiger partial charge in [0.2, 0.25) is 0 Å². The number of hydrogen-bond acceptors (Lipinski definition) is 2. The smallest absolute Gasteiger partial charge is 0.142 e. The zero-order valence-electron chi connectivity index (χ0n) is 10.2. The van der Waals surface area contributed by atoms with Gasteiger partial charge in [-0.05, 0) is 22.0 Å². The van der Waals surface area contributed by atoms with Gasteiger partial charge < -0.3 is 5.32 Å². The Hall–Kier alpha value is 0.0600. The van der Waals surface area contributed by atoms with Crippen LogP contribution in [-0.4, -0.2) is 37.8 Å². The van der Waals surface area contributed by atoms with Crippen molar-refractivity contribution in [2.24, 2.45) is 0 Å². The fraction of sp³-hybridized carbons (Fsp3) is 0.500. The number of benzene rings is 1. The van der Waals surface area contributed by atoms with E-state index in [1.54, 1.807) is 18.2 Å². The maximum Gasteiger partial charge on any atom is 0.142 e. The molecule has 1 aliphatic heterocycles. The van der Waals surface area contributed by atoms with Crippen LogP contribution in [-0.2, 0) is 0 Å². The van der Waals surface area contributed by atoms with Crippen molar-refractivity contribution in [3.05, 3.63) is 34.1 Å². The standard InChI is InChI=1S/C12H15BrF2N2.2ClH/c13-10-3-1-2-9(12(10)15)11(8-14)17-6-4-16-5-7-17;;/h1-3,11,16H,4-8H2;2*1H/t11-;;/m1../s1. The zero-order chi connectivity index (χ0) is 12.3. The lowest BCUT2D eigenvalue weighted by Crippen LogP contribution is -2.45. The Labute approximate surface area is 132 Å². The van der Waals surface area contributed by atoms with Crippen LogP contribution in [0.15, 0.2) is 22.7 Å². The Morgan fingerprint density at radius 2 is 1.89 bits per heavy atom. The normalized spacial score (nSPS) is 17.2. The molecule has 2 rings (SSSR count). The Morgan fingerprint density at radius 3 is 2.47 bits per heavy atom. The number of alkyl halides is 1. The highest BCUT2D eigenvalue weighted by Gasteiger charge is 2.25. The number of halogens is 5. The molecule has 0 aromatic heterocycles. The first-order valence-corrected chi connectivity index (χ1v) is 6.48. The van der Waals surface area contributed by atoms with Gasteiger partial charge >= 0.3 is 0 Å². The van der Waals surface area contributed by atoms with Gasteiger partial charge in [0.25, 0.3) is 0 Å². The second kappa shape index (κ2) is 9.08. The van der Waals surface area contributed by atoms with E-state index in [1.165, 1.54) is 0 Å². The number of nitrogens with one attached hydrogen (secondary N) is 1. The highest BCUT2D eigenvalue weighted by Crippen LogP contribution is 2.28. The minimum absolute atomic E-state index is 0. The minimum atomic E-state index is -0.562. The van der Waals surface area contributed by atoms with Crippen molar-refractivity contribution in [1.82, 2.24) is 10.2 Å². The third-order valence-corrected chi connectivity index (χ3v) is 3.69. The monoisotopic (exact) mass is 376 g/mol. The molecule has 0 unspecified atom stereocenters. The van der Waals surface area contributed by atoms with E-state index in [-0.39, 0.29) is 30.6 Å². The Bertz CT molecular complexity index is 390. The van der Waals surface area contributed by atoms with Gasteiger partial charge in [-0.15, -0.1) is 24.8 Å². The largest absolute Gasteiger partial charge is 0.314 e. The average molecular weight is 378 g/mol. The molecule has 1 N–H and O–H groups in total. The lowest BCUT2D eigenvalue weighted by Gasteiger charge is -2.33. The van der Waals surface area contributed by atoms with Crippen LogP contribution in [0.1, 0.15) is 11.6 Å². The SMILES string of the molecule is Cl.Cl.FC[C@H](c1cccc(Br)c1F)N1CCNCC1. The zero-order valence-corrected chi connectivity index (χ0v) is 13.5. The lowest BCUT2D eigenvalue weighted by atomic mass is 10.1. The molecule has 1 fully saturated rings. The van der Waals surface area contributed by atoms with Crippen LogP contribution in [0.25, 0.3) is 0 Å². The van der Waals surface area contributed by atoms with Crippen LogP contribution in [0.2, 0.25) is 0 Å². The number of piperazine rings is 1. The van der Waals surface area contributed by atoms with Gasteiger partial charge in [-0.25, -0.2) is 8.78 Å². The molecular formula is C12H17BrCl2F2N2. The molecule has 1 aromatic rings. The van der Waals surface area contributed by atoms with Crippen LogP contribution in [0.4, 0.5) is 8.78 Å². The summed E-state index contributed by atoms with van der Waals surface area (Å²) in [4.78, 5) is 1.99. The highest BCUT2D eigenvalue weighted by molar-refractivity contribution is 9.10. The van der Waals surface area contributed by atoms with Crippen molar-refractivity contribution in [3.63, 3.8) is 0 Å². The molecule has 0 spiro atoms. The maximum absolute atomic E-state index is 13.9. The van der Waals surface area contributed by atoms with Gasteiger partial charge in [0.1, 0.15) is 12.5 Å². The minimum Gasteiger partial charge on any atom is -0.314 e. The first-order valence-electron chi connectivity index (χ1n) is 5.68. The van der Waals surface area contributed by atoms with Crippen LogP contribution in [0, 0.1) is 5.82 Å². The summed E-state index contributed by atoms with van der Waals surface area (Å²) in [5, 5.41) is 3.20. The van der Waals surface area contributed by atoms with Crippen molar-refractivity contribution in [2.75, 3.05) is 32.9 Å². The van der Waals surface area contributed by atoms with Crippen molar-refractivity contribution in [3.8, 4) is 0 Å². The van der Waals surface area contributed by atoms with Gasteiger partial charge in [0, 0.05) is 31.7 Å². The molecule has 110 valence electrons. The molecule has 2 nitrogen and oxygen atoms in total. The molecule has 1 saturated heterocycles. The number of nitrogens with zero attached hydrogens (tertiary/aromatic N) is 1. The summed E-state index contributed by atoms with van der Waals surface area (Å²) < 4.78 is 27.5. The van der Waals surface area contributed by atoms with E-state index in [4.69, 9.17) is 0 Å². The van der Waals surface area contributed by atoms with E-state index in [2.05, 4.69) is 21.2 Å². The fourth-order valence-corrected chi connectivity index (χ4v) is 2.53. The Balaban J connectivity index is 0.00000162. The van der Waals surface area contributed by atoms with Crippen LogP contribution < -0.4 is 5.32 Å². The van der Waals surface area contributed by atoms with Crippen molar-refractivity contribution < 1.29 is 8.78 Å². The first-order chi connectivity index (χ1) is 8.24. The molecule has 0 bridgehead atoms. The molecule has 1 aromatic carbocycles. The highest BCUT2D eigenvalue weighted by atomic mass is 79.9. The number of rotatable bonds is 3. The first kappa shape index (κ1) is 19.1. The second-order valence-corrected chi connectivity index (χ2v) is 4.95. The third-order valence-electron chi connectivity index (χ3n) is 3.08. The maximum atomic E-state index is 13.9. The van der Waals surface area contributed by atoms with E-state index in [9.17, 15) is 8.78 Å². The molecule has 1 aliphatic rings. The van der Waals surface area contributed by atoms with E-state index in [0.717, 1.165) is 26.2 Å². The molecule has 0 aliphatic carbocycles. The molecule has 19 heavy (non-hydrogen) atoms. The van der Waals surface area contributed by atoms with Crippen LogP contribution in [0.5, 0.6) is 0 Å². The Kier molecular flexibility index (Phi) is 9.11. The van der Waals surface area contributed by atoms with E-state index in [0.29, 0.717) is 10.0 Å². The fourth-order valence-electron chi connectivity index (χ4n) is 2.15. The summed E-state index contributed by atoms with van der Waals surface area (Å²) in [6.07, 6.45) is 0. The van der Waals surface area contributed by atoms with Gasteiger partial charge in [-0.1, -0.05) is 12.1 Å². The molecule has 0 amide bonds. The predicted octanol–water partition coefficient (Wildman–Crippen LogP) is 3.35. The molecule has 0 radical (unpaired) electrons. The van der Waals surface area contributed by atoms with Crippen LogP contribution >= 0.6 is 40.7 Å². The van der Waals surface area contributed by atoms with Crippen molar-refractivity contribution in [1.29, 1.82) is 0 Å². The van der Waals surface area contributed by atoms with E-state index in [1.807, 2.05) is 4.90 Å². The average Bonchev–Trinajstić information content (AvgIpc) is 2.37. The van der Waals surface area contributed by atoms with E-state index >= 15 is 0 Å². The van der Waals surface area contributed by atoms with Crippen molar-refractivity contribution >= 4 is 40.7 Å². The second-order valence-electron chi connectivity index (χ2n) is 4.10. The summed E-state index contributed by atoms with van der Waals surface area (Å²) in [5.41, 5.74) is 0.434. The molecule has 1 atom stereocenters. The van der Waals surface area contributed by atoms with Crippen molar-refractivity contribution in [2.45, 2.75) is 6.04 Å².